The Bertz CT molecular complexity index is 687. The molecule has 0 aliphatic carbocycles. The minimum absolute atomic E-state index is 0.141. The van der Waals surface area contributed by atoms with Gasteiger partial charge in [-0.15, -0.1) is 0 Å². The van der Waals surface area contributed by atoms with Crippen LogP contribution in [0.25, 0.3) is 0 Å². The third kappa shape index (κ3) is 1.84. The van der Waals surface area contributed by atoms with Crippen LogP contribution < -0.4 is 0 Å². The van der Waals surface area contributed by atoms with Gasteiger partial charge in [-0.1, -0.05) is 18.2 Å². The molecule has 0 N–H and O–H groups in total. The lowest BCUT2D eigenvalue weighted by molar-refractivity contribution is -0.145. The zero-order chi connectivity index (χ0) is 16.8. The molecule has 0 radical (unpaired) electrons. The molecule has 1 aromatic rings. The third-order valence-corrected chi connectivity index (χ3v) is 4.84. The van der Waals surface area contributed by atoms with Crippen LogP contribution in [0.15, 0.2) is 24.3 Å². The first-order chi connectivity index (χ1) is 11.0. The smallest absolute Gasteiger partial charge is 0.321 e. The van der Waals surface area contributed by atoms with Crippen molar-refractivity contribution in [3.8, 4) is 0 Å². The number of nitrogens with zero attached hydrogens (tertiary/aromatic N) is 3. The van der Waals surface area contributed by atoms with Crippen molar-refractivity contribution in [3.63, 3.8) is 0 Å². The number of benzene rings is 1. The lowest BCUT2D eigenvalue weighted by Crippen LogP contribution is -2.68. The Balaban J connectivity index is 2.23. The van der Waals surface area contributed by atoms with E-state index >= 15 is 0 Å². The van der Waals surface area contributed by atoms with E-state index in [2.05, 4.69) is 0 Å². The maximum atomic E-state index is 13.2. The van der Waals surface area contributed by atoms with Crippen LogP contribution in [0.4, 0.5) is 4.79 Å². The van der Waals surface area contributed by atoms with E-state index in [1.165, 1.54) is 4.90 Å². The van der Waals surface area contributed by atoms with E-state index in [-0.39, 0.29) is 24.4 Å². The first-order valence-corrected chi connectivity index (χ1v) is 8.05. The van der Waals surface area contributed by atoms with Crippen molar-refractivity contribution in [2.75, 3.05) is 26.2 Å². The summed E-state index contributed by atoms with van der Waals surface area (Å²) in [7, 11) is 0. The third-order valence-electron chi connectivity index (χ3n) is 4.84. The number of likely N-dealkylation sites (N-methyl/N-ethyl adjacent to an activating group) is 3. The van der Waals surface area contributed by atoms with Gasteiger partial charge in [0.05, 0.1) is 6.54 Å². The van der Waals surface area contributed by atoms with Gasteiger partial charge in [0.2, 0.25) is 0 Å². The second kappa shape index (κ2) is 5.37. The molecule has 23 heavy (non-hydrogen) atoms. The molecular weight excluding hydrogens is 294 g/mol. The van der Waals surface area contributed by atoms with E-state index in [0.717, 1.165) is 0 Å². The lowest BCUT2D eigenvalue weighted by Gasteiger charge is -2.47. The van der Waals surface area contributed by atoms with Crippen LogP contribution in [0.3, 0.4) is 0 Å². The Hall–Kier alpha value is -2.37. The van der Waals surface area contributed by atoms with Crippen LogP contribution in [0.1, 0.15) is 36.7 Å². The van der Waals surface area contributed by atoms with Crippen molar-refractivity contribution in [1.29, 1.82) is 0 Å². The van der Waals surface area contributed by atoms with Crippen molar-refractivity contribution in [2.45, 2.75) is 26.3 Å². The molecule has 1 atom stereocenters. The Morgan fingerprint density at radius 3 is 2.30 bits per heavy atom. The van der Waals surface area contributed by atoms with Crippen LogP contribution in [-0.2, 0) is 10.3 Å². The zero-order valence-corrected chi connectivity index (χ0v) is 13.7. The zero-order valence-electron chi connectivity index (χ0n) is 13.7. The highest BCUT2D eigenvalue weighted by atomic mass is 16.2. The van der Waals surface area contributed by atoms with Crippen LogP contribution in [0.5, 0.6) is 0 Å². The van der Waals surface area contributed by atoms with Gasteiger partial charge in [0, 0.05) is 30.8 Å². The van der Waals surface area contributed by atoms with Crippen molar-refractivity contribution in [3.05, 3.63) is 35.4 Å². The number of carbonyl (C=O) groups is 3. The molecule has 6 heteroatoms. The average molecular weight is 315 g/mol. The minimum atomic E-state index is -1.09. The summed E-state index contributed by atoms with van der Waals surface area (Å²) < 4.78 is 0. The lowest BCUT2D eigenvalue weighted by atomic mass is 9.85. The van der Waals surface area contributed by atoms with E-state index in [1.807, 2.05) is 26.0 Å². The van der Waals surface area contributed by atoms with Crippen LogP contribution >= 0.6 is 0 Å². The number of rotatable bonds is 3. The molecule has 2 heterocycles. The molecule has 3 rings (SSSR count). The SMILES string of the molecule is CCN1CC2(C(=O)N(CC)C1=O)c1ccccc1C(=O)N2CC. The number of imide groups is 1. The van der Waals surface area contributed by atoms with Gasteiger partial charge in [0.15, 0.2) is 5.54 Å². The topological polar surface area (TPSA) is 60.9 Å². The first-order valence-electron chi connectivity index (χ1n) is 8.05. The fourth-order valence-electron chi connectivity index (χ4n) is 3.73. The molecule has 0 bridgehead atoms. The Labute approximate surface area is 135 Å². The molecule has 0 aromatic heterocycles. The number of fused-ring (bicyclic) bond motifs is 2. The molecule has 1 fully saturated rings. The first kappa shape index (κ1) is 15.5. The van der Waals surface area contributed by atoms with E-state index in [9.17, 15) is 14.4 Å². The van der Waals surface area contributed by atoms with E-state index < -0.39 is 5.54 Å². The van der Waals surface area contributed by atoms with Gasteiger partial charge in [-0.05, 0) is 26.8 Å². The maximum Gasteiger partial charge on any atom is 0.326 e. The highest BCUT2D eigenvalue weighted by molar-refractivity contribution is 6.11. The molecule has 1 aromatic carbocycles. The van der Waals surface area contributed by atoms with Crippen molar-refractivity contribution < 1.29 is 14.4 Å². The number of hydrogen-bond acceptors (Lipinski definition) is 3. The Kier molecular flexibility index (Phi) is 3.62. The Morgan fingerprint density at radius 1 is 1.00 bits per heavy atom. The molecule has 2 aliphatic heterocycles. The summed E-state index contributed by atoms with van der Waals surface area (Å²) in [6, 6.07) is 6.95. The second-order valence-corrected chi connectivity index (χ2v) is 5.80. The van der Waals surface area contributed by atoms with Gasteiger partial charge in [0.25, 0.3) is 11.8 Å². The second-order valence-electron chi connectivity index (χ2n) is 5.80. The summed E-state index contributed by atoms with van der Waals surface area (Å²) in [5, 5.41) is 0. The predicted octanol–water partition coefficient (Wildman–Crippen LogP) is 1.66. The summed E-state index contributed by atoms with van der Waals surface area (Å²) >= 11 is 0. The van der Waals surface area contributed by atoms with Gasteiger partial charge in [0.1, 0.15) is 0 Å². The molecule has 122 valence electrons. The standard InChI is InChI=1S/C17H21N3O3/c1-4-18-11-17(15(22)19(5-2)16(18)23)13-10-8-7-9-12(13)14(21)20(17)6-3/h7-10H,4-6,11H2,1-3H3. The van der Waals surface area contributed by atoms with Gasteiger partial charge < -0.3 is 9.80 Å². The highest BCUT2D eigenvalue weighted by Gasteiger charge is 2.60. The van der Waals surface area contributed by atoms with Crippen LogP contribution in [0, 0.1) is 0 Å². The van der Waals surface area contributed by atoms with E-state index in [1.54, 1.807) is 28.9 Å². The van der Waals surface area contributed by atoms with Gasteiger partial charge in [-0.3, -0.25) is 14.5 Å². The minimum Gasteiger partial charge on any atom is -0.321 e. The molecule has 4 amide bonds. The fraction of sp³-hybridized carbons (Fsp3) is 0.471. The summed E-state index contributed by atoms with van der Waals surface area (Å²) in [6.45, 7) is 6.95. The number of amides is 4. The van der Waals surface area contributed by atoms with Crippen molar-refractivity contribution in [2.24, 2.45) is 0 Å². The van der Waals surface area contributed by atoms with Gasteiger partial charge in [-0.2, -0.15) is 0 Å². The predicted molar refractivity (Wildman–Crippen MR) is 84.9 cm³/mol. The molecule has 0 saturated carbocycles. The normalized spacial score (nSPS) is 24.0. The largest absolute Gasteiger partial charge is 0.326 e. The van der Waals surface area contributed by atoms with E-state index in [0.29, 0.717) is 30.8 Å². The summed E-state index contributed by atoms with van der Waals surface area (Å²) in [5.74, 6) is -0.437. The molecule has 1 spiro atoms. The number of carbonyl (C=O) groups excluding carboxylic acids is 3. The van der Waals surface area contributed by atoms with Crippen LogP contribution in [-0.4, -0.2) is 58.7 Å². The molecule has 6 nitrogen and oxygen atoms in total. The summed E-state index contributed by atoms with van der Waals surface area (Å²) in [5.41, 5.74) is 0.174. The van der Waals surface area contributed by atoms with Gasteiger partial charge in [-0.25, -0.2) is 4.79 Å². The molecule has 1 unspecified atom stereocenters. The molecule has 1 saturated heterocycles. The van der Waals surface area contributed by atoms with Crippen LogP contribution in [0.2, 0.25) is 0 Å². The van der Waals surface area contributed by atoms with E-state index in [4.69, 9.17) is 0 Å². The van der Waals surface area contributed by atoms with Crippen molar-refractivity contribution in [1.82, 2.24) is 14.7 Å². The Morgan fingerprint density at radius 2 is 1.70 bits per heavy atom. The number of hydrogen-bond donors (Lipinski definition) is 0. The average Bonchev–Trinajstić information content (AvgIpc) is 2.81. The number of urea groups is 1. The molecular formula is C17H21N3O3. The highest BCUT2D eigenvalue weighted by Crippen LogP contribution is 2.43. The fourth-order valence-corrected chi connectivity index (χ4v) is 3.73. The monoisotopic (exact) mass is 315 g/mol. The van der Waals surface area contributed by atoms with Crippen molar-refractivity contribution >= 4 is 17.8 Å². The quantitative estimate of drug-likeness (QED) is 0.852. The summed E-state index contributed by atoms with van der Waals surface area (Å²) in [6.07, 6.45) is 0. The summed E-state index contributed by atoms with van der Waals surface area (Å²) in [4.78, 5) is 42.9. The molecule has 2 aliphatic rings. The van der Waals surface area contributed by atoms with Gasteiger partial charge >= 0.3 is 6.03 Å². The maximum absolute atomic E-state index is 13.2.